The third kappa shape index (κ3) is 2.82. The number of carbonyl (C=O) groups excluding carboxylic acids is 1. The van der Waals surface area contributed by atoms with Crippen LogP contribution in [0.5, 0.6) is 11.5 Å². The van der Waals surface area contributed by atoms with E-state index in [-0.39, 0.29) is 6.61 Å². The fourth-order valence-electron chi connectivity index (χ4n) is 1.38. The first-order valence-corrected chi connectivity index (χ1v) is 5.35. The van der Waals surface area contributed by atoms with Crippen molar-refractivity contribution in [1.82, 2.24) is 9.97 Å². The molecular weight excluding hydrogens is 232 g/mol. The van der Waals surface area contributed by atoms with E-state index in [4.69, 9.17) is 9.47 Å². The van der Waals surface area contributed by atoms with Crippen molar-refractivity contribution >= 4 is 6.29 Å². The van der Waals surface area contributed by atoms with Gasteiger partial charge in [0.2, 0.25) is 0 Å². The molecule has 0 aliphatic carbocycles. The largest absolute Gasteiger partial charge is 0.493 e. The van der Waals surface area contributed by atoms with Gasteiger partial charge in [-0.15, -0.1) is 0 Å². The number of aromatic nitrogens is 2. The first-order valence-electron chi connectivity index (χ1n) is 5.35. The second-order valence-electron chi connectivity index (χ2n) is 3.49. The lowest BCUT2D eigenvalue weighted by atomic mass is 10.3. The average molecular weight is 244 g/mol. The highest BCUT2D eigenvalue weighted by molar-refractivity contribution is 5.73. The van der Waals surface area contributed by atoms with Crippen LogP contribution >= 0.6 is 0 Å². The molecule has 5 heteroatoms. The Hall–Kier alpha value is -2.43. The van der Waals surface area contributed by atoms with Crippen molar-refractivity contribution in [3.05, 3.63) is 48.0 Å². The van der Waals surface area contributed by atoms with Gasteiger partial charge in [-0.05, 0) is 12.1 Å². The van der Waals surface area contributed by atoms with Crippen LogP contribution in [-0.2, 0) is 6.61 Å². The van der Waals surface area contributed by atoms with Crippen molar-refractivity contribution in [2.45, 2.75) is 6.61 Å². The van der Waals surface area contributed by atoms with Crippen molar-refractivity contribution < 1.29 is 14.3 Å². The minimum absolute atomic E-state index is 0.222. The van der Waals surface area contributed by atoms with E-state index < -0.39 is 0 Å². The molecule has 0 saturated carbocycles. The van der Waals surface area contributed by atoms with E-state index in [1.165, 1.54) is 12.4 Å². The molecule has 0 N–H and O–H groups in total. The minimum atomic E-state index is 0.222. The Bertz CT molecular complexity index is 526. The Balaban J connectivity index is 2.04. The minimum Gasteiger partial charge on any atom is -0.493 e. The number of benzene rings is 1. The summed E-state index contributed by atoms with van der Waals surface area (Å²) in [4.78, 5) is 18.5. The third-order valence-corrected chi connectivity index (χ3v) is 2.29. The summed E-state index contributed by atoms with van der Waals surface area (Å²) >= 11 is 0. The van der Waals surface area contributed by atoms with E-state index in [0.717, 1.165) is 0 Å². The first-order chi connectivity index (χ1) is 8.83. The molecule has 0 aliphatic rings. The zero-order valence-electron chi connectivity index (χ0n) is 9.87. The molecule has 0 spiro atoms. The Morgan fingerprint density at radius 1 is 1.17 bits per heavy atom. The summed E-state index contributed by atoms with van der Waals surface area (Å²) in [5.41, 5.74) is 0.441. The van der Waals surface area contributed by atoms with Gasteiger partial charge in [0.25, 0.3) is 0 Å². The molecule has 1 heterocycles. The quantitative estimate of drug-likeness (QED) is 0.751. The third-order valence-electron chi connectivity index (χ3n) is 2.29. The van der Waals surface area contributed by atoms with Crippen molar-refractivity contribution in [1.29, 1.82) is 0 Å². The summed E-state index contributed by atoms with van der Waals surface area (Å²) < 4.78 is 10.7. The smallest absolute Gasteiger partial charge is 0.166 e. The molecule has 18 heavy (non-hydrogen) atoms. The van der Waals surface area contributed by atoms with Crippen LogP contribution in [-0.4, -0.2) is 23.4 Å². The van der Waals surface area contributed by atoms with E-state index in [1.807, 2.05) is 18.2 Å². The molecule has 0 amide bonds. The molecule has 1 aromatic carbocycles. The highest BCUT2D eigenvalue weighted by atomic mass is 16.5. The van der Waals surface area contributed by atoms with Gasteiger partial charge >= 0.3 is 0 Å². The molecule has 2 rings (SSSR count). The van der Waals surface area contributed by atoms with Crippen LogP contribution in [0, 0.1) is 0 Å². The molecule has 0 bridgehead atoms. The van der Waals surface area contributed by atoms with Crippen LogP contribution in [0.15, 0.2) is 36.7 Å². The average Bonchev–Trinajstić information content (AvgIpc) is 2.46. The predicted molar refractivity (Wildman–Crippen MR) is 64.7 cm³/mol. The maximum absolute atomic E-state index is 10.5. The molecule has 92 valence electrons. The summed E-state index contributed by atoms with van der Waals surface area (Å²) in [6, 6.07) is 7.33. The van der Waals surface area contributed by atoms with Crippen LogP contribution in [0.25, 0.3) is 0 Å². The number of rotatable bonds is 5. The normalized spacial score (nSPS) is 9.83. The summed E-state index contributed by atoms with van der Waals surface area (Å²) in [5.74, 6) is 1.79. The molecule has 0 aliphatic heterocycles. The van der Waals surface area contributed by atoms with Crippen LogP contribution in [0.1, 0.15) is 16.2 Å². The molecule has 0 radical (unpaired) electrons. The monoisotopic (exact) mass is 244 g/mol. The number of nitrogens with zero attached hydrogens (tertiary/aromatic N) is 2. The lowest BCUT2D eigenvalue weighted by Gasteiger charge is -2.09. The van der Waals surface area contributed by atoms with E-state index in [0.29, 0.717) is 29.2 Å². The number of ether oxygens (including phenoxy) is 2. The maximum Gasteiger partial charge on any atom is 0.166 e. The Morgan fingerprint density at radius 3 is 2.44 bits per heavy atom. The number of hydrogen-bond donors (Lipinski definition) is 0. The fraction of sp³-hybridized carbons (Fsp3) is 0.154. The van der Waals surface area contributed by atoms with Crippen molar-refractivity contribution in [3.8, 4) is 11.5 Å². The first kappa shape index (κ1) is 12.0. The van der Waals surface area contributed by atoms with Gasteiger partial charge in [0.05, 0.1) is 12.7 Å². The van der Waals surface area contributed by atoms with Gasteiger partial charge in [-0.25, -0.2) is 9.97 Å². The number of carbonyl (C=O) groups is 1. The second-order valence-corrected chi connectivity index (χ2v) is 3.49. The van der Waals surface area contributed by atoms with Crippen molar-refractivity contribution in [3.63, 3.8) is 0 Å². The van der Waals surface area contributed by atoms with Gasteiger partial charge < -0.3 is 9.47 Å². The van der Waals surface area contributed by atoms with E-state index >= 15 is 0 Å². The highest BCUT2D eigenvalue weighted by Crippen LogP contribution is 2.26. The molecule has 0 saturated heterocycles. The molecule has 0 atom stereocenters. The SMILES string of the molecule is COc1ccccc1OCc1ncc(C=O)cn1. The van der Waals surface area contributed by atoms with Gasteiger partial charge in [0.1, 0.15) is 6.61 Å². The molecule has 5 nitrogen and oxygen atoms in total. The van der Waals surface area contributed by atoms with Crippen LogP contribution in [0.2, 0.25) is 0 Å². The number of para-hydroxylation sites is 2. The van der Waals surface area contributed by atoms with E-state index in [9.17, 15) is 4.79 Å². The lowest BCUT2D eigenvalue weighted by molar-refractivity contribution is 0.112. The Morgan fingerprint density at radius 2 is 1.83 bits per heavy atom. The number of aldehydes is 1. The lowest BCUT2D eigenvalue weighted by Crippen LogP contribution is -2.02. The number of hydrogen-bond acceptors (Lipinski definition) is 5. The second kappa shape index (κ2) is 5.77. The molecule has 0 fully saturated rings. The van der Waals surface area contributed by atoms with Crippen LogP contribution < -0.4 is 9.47 Å². The predicted octanol–water partition coefficient (Wildman–Crippen LogP) is 1.88. The Kier molecular flexibility index (Phi) is 3.86. The van der Waals surface area contributed by atoms with Crippen LogP contribution in [0.3, 0.4) is 0 Å². The highest BCUT2D eigenvalue weighted by Gasteiger charge is 2.04. The summed E-state index contributed by atoms with van der Waals surface area (Å²) in [6.45, 7) is 0.222. The van der Waals surface area contributed by atoms with Crippen molar-refractivity contribution in [2.24, 2.45) is 0 Å². The van der Waals surface area contributed by atoms with Gasteiger partial charge in [-0.2, -0.15) is 0 Å². The molecular formula is C13H12N2O3. The van der Waals surface area contributed by atoms with Crippen LogP contribution in [0.4, 0.5) is 0 Å². The van der Waals surface area contributed by atoms with Gasteiger partial charge in [0.15, 0.2) is 23.6 Å². The van der Waals surface area contributed by atoms with Gasteiger partial charge in [-0.1, -0.05) is 12.1 Å². The summed E-state index contributed by atoms with van der Waals surface area (Å²) in [7, 11) is 1.58. The maximum atomic E-state index is 10.5. The Labute approximate surface area is 104 Å². The number of methoxy groups -OCH3 is 1. The molecule has 1 aromatic heterocycles. The van der Waals surface area contributed by atoms with E-state index in [1.54, 1.807) is 13.2 Å². The standard InChI is InChI=1S/C13H12N2O3/c1-17-11-4-2-3-5-12(11)18-9-13-14-6-10(8-16)7-15-13/h2-8H,9H2,1H3. The summed E-state index contributed by atoms with van der Waals surface area (Å²) in [5, 5.41) is 0. The van der Waals surface area contributed by atoms with Gasteiger partial charge in [-0.3, -0.25) is 4.79 Å². The zero-order valence-corrected chi connectivity index (χ0v) is 9.87. The molecule has 2 aromatic rings. The molecule has 0 unspecified atom stereocenters. The summed E-state index contributed by atoms with van der Waals surface area (Å²) in [6.07, 6.45) is 3.62. The zero-order chi connectivity index (χ0) is 12.8. The fourth-order valence-corrected chi connectivity index (χ4v) is 1.38. The topological polar surface area (TPSA) is 61.3 Å². The van der Waals surface area contributed by atoms with Gasteiger partial charge in [0, 0.05) is 12.4 Å². The van der Waals surface area contributed by atoms with E-state index in [2.05, 4.69) is 9.97 Å². The van der Waals surface area contributed by atoms with Crippen molar-refractivity contribution in [2.75, 3.05) is 7.11 Å².